The molecule has 0 radical (unpaired) electrons. The Kier molecular flexibility index (Phi) is 5.58. The van der Waals surface area contributed by atoms with Crippen LogP contribution < -0.4 is 19.7 Å². The van der Waals surface area contributed by atoms with E-state index >= 15 is 0 Å². The summed E-state index contributed by atoms with van der Waals surface area (Å²) in [6, 6.07) is 10.0. The highest BCUT2D eigenvalue weighted by molar-refractivity contribution is 7.07. The number of nitrogens with one attached hydrogen (secondary N) is 1. The van der Waals surface area contributed by atoms with Crippen LogP contribution in [0.3, 0.4) is 0 Å². The number of carbonyl (C=O) groups is 1. The Bertz CT molecular complexity index is 1260. The summed E-state index contributed by atoms with van der Waals surface area (Å²) in [7, 11) is 0. The third-order valence-electron chi connectivity index (χ3n) is 5.01. The number of anilines is 1. The predicted molar refractivity (Wildman–Crippen MR) is 121 cm³/mol. The number of ether oxygens (including phenoxy) is 1. The molecule has 7 heteroatoms. The van der Waals surface area contributed by atoms with E-state index in [0.29, 0.717) is 22.4 Å². The van der Waals surface area contributed by atoms with E-state index < -0.39 is 5.41 Å². The predicted octanol–water partition coefficient (Wildman–Crippen LogP) is 2.05. The number of rotatable bonds is 3. The maximum absolute atomic E-state index is 12.6. The molecule has 1 aromatic carbocycles. The highest BCUT2D eigenvalue weighted by Gasteiger charge is 2.19. The molecule has 0 unspecified atom stereocenters. The number of H-pyrrole nitrogens is 1. The molecule has 0 saturated carbocycles. The summed E-state index contributed by atoms with van der Waals surface area (Å²) in [5, 5.41) is 1.02. The largest absolute Gasteiger partial charge is 0.378 e. The van der Waals surface area contributed by atoms with E-state index in [1.165, 1.54) is 17.4 Å². The fourth-order valence-electron chi connectivity index (χ4n) is 3.26. The zero-order valence-corrected chi connectivity index (χ0v) is 18.2. The lowest BCUT2D eigenvalue weighted by molar-refractivity contribution is -0.119. The highest BCUT2D eigenvalue weighted by atomic mass is 32.1. The normalized spacial score (nSPS) is 16.4. The Labute approximate surface area is 178 Å². The van der Waals surface area contributed by atoms with Gasteiger partial charge in [0.25, 0.3) is 5.56 Å². The SMILES string of the molecule is CC(C)(C)C(=O)/C=c1/[nH]c(=O)/c(=C/c2cc3ccccc3nc2N2CCOCC2)s1. The number of hydrogen-bond donors (Lipinski definition) is 1. The zero-order chi connectivity index (χ0) is 21.3. The van der Waals surface area contributed by atoms with Gasteiger partial charge < -0.3 is 14.6 Å². The zero-order valence-electron chi connectivity index (χ0n) is 17.4. The van der Waals surface area contributed by atoms with Gasteiger partial charge in [0.1, 0.15) is 5.82 Å². The summed E-state index contributed by atoms with van der Waals surface area (Å²) < 4.78 is 6.60. The summed E-state index contributed by atoms with van der Waals surface area (Å²) in [4.78, 5) is 34.8. The van der Waals surface area contributed by atoms with Gasteiger partial charge in [-0.15, -0.1) is 11.3 Å². The van der Waals surface area contributed by atoms with Gasteiger partial charge in [-0.2, -0.15) is 0 Å². The van der Waals surface area contributed by atoms with Crippen LogP contribution in [0, 0.1) is 5.41 Å². The van der Waals surface area contributed by atoms with Crippen molar-refractivity contribution in [1.82, 2.24) is 9.97 Å². The van der Waals surface area contributed by atoms with Crippen molar-refractivity contribution in [2.45, 2.75) is 20.8 Å². The average Bonchev–Trinajstić information content (AvgIpc) is 3.06. The van der Waals surface area contributed by atoms with Crippen LogP contribution in [0.1, 0.15) is 26.3 Å². The van der Waals surface area contributed by atoms with Gasteiger partial charge in [0.2, 0.25) is 0 Å². The van der Waals surface area contributed by atoms with E-state index in [1.54, 1.807) is 0 Å². The number of fused-ring (bicyclic) bond motifs is 1. The van der Waals surface area contributed by atoms with E-state index in [9.17, 15) is 9.59 Å². The summed E-state index contributed by atoms with van der Waals surface area (Å²) in [6.07, 6.45) is 3.39. The number of thiazole rings is 1. The maximum Gasteiger partial charge on any atom is 0.266 e. The van der Waals surface area contributed by atoms with Crippen LogP contribution in [-0.4, -0.2) is 42.1 Å². The van der Waals surface area contributed by atoms with E-state index in [-0.39, 0.29) is 11.3 Å². The number of para-hydroxylation sites is 1. The molecule has 1 aliphatic rings. The maximum atomic E-state index is 12.6. The van der Waals surface area contributed by atoms with Crippen molar-refractivity contribution >= 4 is 46.0 Å². The molecular formula is C23H25N3O3S. The number of ketones is 1. The Balaban J connectivity index is 1.85. The first kappa shape index (κ1) is 20.5. The first-order valence-electron chi connectivity index (χ1n) is 10.0. The molecular weight excluding hydrogens is 398 g/mol. The van der Waals surface area contributed by atoms with Crippen molar-refractivity contribution in [3.63, 3.8) is 0 Å². The lowest BCUT2D eigenvalue weighted by Crippen LogP contribution is -2.37. The number of aromatic nitrogens is 2. The molecule has 156 valence electrons. The Morgan fingerprint density at radius 3 is 2.70 bits per heavy atom. The van der Waals surface area contributed by atoms with Gasteiger partial charge in [-0.25, -0.2) is 4.98 Å². The van der Waals surface area contributed by atoms with Gasteiger partial charge in [0.05, 0.1) is 27.9 Å². The van der Waals surface area contributed by atoms with Crippen LogP contribution in [0.5, 0.6) is 0 Å². The minimum absolute atomic E-state index is 0.0204. The molecule has 30 heavy (non-hydrogen) atoms. The van der Waals surface area contributed by atoms with Gasteiger partial charge in [0.15, 0.2) is 5.78 Å². The Hall–Kier alpha value is -2.77. The smallest absolute Gasteiger partial charge is 0.266 e. The number of benzene rings is 1. The molecule has 1 fully saturated rings. The number of morpholine rings is 1. The van der Waals surface area contributed by atoms with Crippen LogP contribution in [0.2, 0.25) is 0 Å². The number of carbonyl (C=O) groups excluding carboxylic acids is 1. The van der Waals surface area contributed by atoms with Crippen molar-refractivity contribution in [3.05, 3.63) is 55.4 Å². The monoisotopic (exact) mass is 423 g/mol. The molecule has 3 aromatic rings. The van der Waals surface area contributed by atoms with Crippen LogP contribution in [0.4, 0.5) is 5.82 Å². The average molecular weight is 424 g/mol. The molecule has 0 bridgehead atoms. The molecule has 6 nitrogen and oxygen atoms in total. The number of pyridine rings is 1. The third-order valence-corrected chi connectivity index (χ3v) is 5.97. The fourth-order valence-corrected chi connectivity index (χ4v) is 4.13. The molecule has 3 heterocycles. The second-order valence-corrected chi connectivity index (χ2v) is 9.46. The van der Waals surface area contributed by atoms with Crippen LogP contribution in [0.25, 0.3) is 23.1 Å². The van der Waals surface area contributed by atoms with E-state index in [2.05, 4.69) is 16.0 Å². The van der Waals surface area contributed by atoms with Crippen LogP contribution in [0.15, 0.2) is 35.1 Å². The molecule has 0 aliphatic carbocycles. The van der Waals surface area contributed by atoms with Gasteiger partial charge in [-0.3, -0.25) is 9.59 Å². The van der Waals surface area contributed by atoms with Crippen molar-refractivity contribution in [1.29, 1.82) is 0 Å². The summed E-state index contributed by atoms with van der Waals surface area (Å²) >= 11 is 1.29. The second kappa shape index (κ2) is 8.16. The first-order chi connectivity index (χ1) is 14.3. The molecule has 0 amide bonds. The number of nitrogens with zero attached hydrogens (tertiary/aromatic N) is 2. The molecule has 2 aromatic heterocycles. The van der Waals surface area contributed by atoms with Gasteiger partial charge in [-0.1, -0.05) is 39.0 Å². The lowest BCUT2D eigenvalue weighted by atomic mass is 9.91. The minimum Gasteiger partial charge on any atom is -0.378 e. The standard InChI is InChI=1S/C23H25N3O3S/c1-23(2,3)19(27)14-20-25-22(28)18(30-20)13-16-12-15-6-4-5-7-17(15)24-21(16)26-8-10-29-11-9-26/h4-7,12-14H,8-11H2,1-3H3,(H,25,28)/b18-13-,20-14-. The van der Waals surface area contributed by atoms with E-state index in [1.807, 2.05) is 51.1 Å². The third kappa shape index (κ3) is 4.37. The second-order valence-electron chi connectivity index (χ2n) is 8.38. The minimum atomic E-state index is -0.490. The Morgan fingerprint density at radius 2 is 1.97 bits per heavy atom. The number of hydrogen-bond acceptors (Lipinski definition) is 6. The molecule has 0 atom stereocenters. The van der Waals surface area contributed by atoms with Crippen LogP contribution >= 0.6 is 11.3 Å². The fraction of sp³-hybridized carbons (Fsp3) is 0.348. The van der Waals surface area contributed by atoms with E-state index in [4.69, 9.17) is 9.72 Å². The quantitative estimate of drug-likeness (QED) is 0.698. The summed E-state index contributed by atoms with van der Waals surface area (Å²) in [5.41, 5.74) is 1.11. The Morgan fingerprint density at radius 1 is 1.23 bits per heavy atom. The topological polar surface area (TPSA) is 75.3 Å². The molecule has 0 spiro atoms. The van der Waals surface area contributed by atoms with Gasteiger partial charge in [0, 0.05) is 35.5 Å². The summed E-state index contributed by atoms with van der Waals surface area (Å²) in [6.45, 7) is 8.40. The highest BCUT2D eigenvalue weighted by Crippen LogP contribution is 2.25. The molecule has 1 N–H and O–H groups in total. The summed E-state index contributed by atoms with van der Waals surface area (Å²) in [5.74, 6) is 0.828. The number of Topliss-reactive ketones (excluding diaryl/α,β-unsaturated/α-hetero) is 1. The number of aromatic amines is 1. The molecule has 1 aliphatic heterocycles. The van der Waals surface area contributed by atoms with Gasteiger partial charge >= 0.3 is 0 Å². The van der Waals surface area contributed by atoms with Crippen molar-refractivity contribution in [2.24, 2.45) is 5.41 Å². The molecule has 4 rings (SSSR count). The van der Waals surface area contributed by atoms with Crippen molar-refractivity contribution < 1.29 is 9.53 Å². The molecule has 1 saturated heterocycles. The van der Waals surface area contributed by atoms with Crippen LogP contribution in [-0.2, 0) is 9.53 Å². The lowest BCUT2D eigenvalue weighted by Gasteiger charge is -2.29. The first-order valence-corrected chi connectivity index (χ1v) is 10.8. The van der Waals surface area contributed by atoms with Crippen molar-refractivity contribution in [2.75, 3.05) is 31.2 Å². The van der Waals surface area contributed by atoms with E-state index in [0.717, 1.165) is 35.4 Å². The van der Waals surface area contributed by atoms with Gasteiger partial charge in [-0.05, 0) is 18.2 Å². The van der Waals surface area contributed by atoms with Crippen molar-refractivity contribution in [3.8, 4) is 0 Å².